The summed E-state index contributed by atoms with van der Waals surface area (Å²) in [4.78, 5) is 0. The summed E-state index contributed by atoms with van der Waals surface area (Å²) in [5.41, 5.74) is 6.65. The van der Waals surface area contributed by atoms with Crippen LogP contribution in [0.4, 0.5) is 0 Å². The van der Waals surface area contributed by atoms with E-state index in [0.29, 0.717) is 5.92 Å². The van der Waals surface area contributed by atoms with Gasteiger partial charge in [0.25, 0.3) is 0 Å². The van der Waals surface area contributed by atoms with Crippen molar-refractivity contribution in [3.63, 3.8) is 0 Å². The van der Waals surface area contributed by atoms with Gasteiger partial charge < -0.3 is 24.8 Å². The molecule has 0 radical (unpaired) electrons. The molecule has 32 heavy (non-hydrogen) atoms. The fourth-order valence-electron chi connectivity index (χ4n) is 4.23. The Hall–Kier alpha value is -0.477. The van der Waals surface area contributed by atoms with Crippen LogP contribution in [0.1, 0.15) is 34.6 Å². The van der Waals surface area contributed by atoms with Gasteiger partial charge in [-0.15, -0.1) is 0 Å². The number of fused-ring (bicyclic) bond motifs is 1. The van der Waals surface area contributed by atoms with Gasteiger partial charge in [-0.25, -0.2) is 0 Å². The van der Waals surface area contributed by atoms with Crippen LogP contribution in [0, 0.1) is 0 Å². The Morgan fingerprint density at radius 2 is 1.59 bits per heavy atom. The fraction of sp³-hybridized carbons (Fsp3) is 0.0769. The number of halogens is 4. The molecule has 0 saturated heterocycles. The van der Waals surface area contributed by atoms with E-state index in [9.17, 15) is 0 Å². The van der Waals surface area contributed by atoms with Gasteiger partial charge >= 0.3 is 207 Å². The standard InChI is InChI=1S/C15H10Br.C11H8Br.2ClH.S.Zr/c16-14-8-4-7-12-9-10-13(15(12)14)11-5-2-1-3-6-11;12-11-7-5-10(6-8-11)9-3-1-2-4-9;;;;/h1-6,8-10,13H;3-8H,1H2;2*1H;;/q;;;;;+2/p-2. The van der Waals surface area contributed by atoms with Crippen molar-refractivity contribution < 1.29 is 44.5 Å². The first kappa shape index (κ1) is 26.1. The van der Waals surface area contributed by atoms with Crippen LogP contribution in [0.5, 0.6) is 0 Å². The van der Waals surface area contributed by atoms with Gasteiger partial charge in [0.05, 0.1) is 0 Å². The molecule has 0 spiro atoms. The molecular formula is C26H18Br2Cl2SZr. The quantitative estimate of drug-likeness (QED) is 0.407. The number of benzene rings is 3. The van der Waals surface area contributed by atoms with Gasteiger partial charge in [0.2, 0.25) is 0 Å². The maximum absolute atomic E-state index is 6.27. The van der Waals surface area contributed by atoms with E-state index in [4.69, 9.17) is 8.86 Å². The maximum atomic E-state index is 6.27. The summed E-state index contributed by atoms with van der Waals surface area (Å²) in [5.74, 6) is 0.302. The number of allylic oxidation sites excluding steroid dienone is 5. The van der Waals surface area contributed by atoms with Crippen LogP contribution in [-0.4, -0.2) is 0 Å². The van der Waals surface area contributed by atoms with E-state index >= 15 is 0 Å². The molecule has 0 N–H and O–H groups in total. The second-order valence-electron chi connectivity index (χ2n) is 7.54. The predicted octanol–water partition coefficient (Wildman–Crippen LogP) is 2.11. The summed E-state index contributed by atoms with van der Waals surface area (Å²) in [5, 5.41) is 0. The molecule has 1 atom stereocenters. The Balaban J connectivity index is 0.00000144. The van der Waals surface area contributed by atoms with Gasteiger partial charge in [0, 0.05) is 0 Å². The SMILES string of the molecule is [Cl-].[Cl-].[S]=[Zr+2]([C]1=CC(c2ccc(Br)cc2)=CC1)[c]1ccc(Br)c2c1C=CC2c1ccccc1. The minimum atomic E-state index is -2.34. The van der Waals surface area contributed by atoms with Gasteiger partial charge in [-0.1, -0.05) is 0 Å². The molecule has 5 rings (SSSR count). The minimum absolute atomic E-state index is 0. The average Bonchev–Trinajstić information content (AvgIpc) is 3.43. The first-order chi connectivity index (χ1) is 14.6. The van der Waals surface area contributed by atoms with E-state index in [-0.39, 0.29) is 24.8 Å². The zero-order valence-corrected chi connectivity index (χ0v) is 24.8. The van der Waals surface area contributed by atoms with E-state index in [0.717, 1.165) is 10.9 Å². The van der Waals surface area contributed by atoms with Gasteiger partial charge in [-0.3, -0.25) is 0 Å². The van der Waals surface area contributed by atoms with E-state index in [1.54, 1.807) is 0 Å². The van der Waals surface area contributed by atoms with Crippen molar-refractivity contribution in [1.82, 2.24) is 0 Å². The Morgan fingerprint density at radius 1 is 0.875 bits per heavy atom. The molecule has 0 aromatic heterocycles. The van der Waals surface area contributed by atoms with Crippen molar-refractivity contribution in [3.8, 4) is 0 Å². The van der Waals surface area contributed by atoms with Gasteiger partial charge in [0.1, 0.15) is 0 Å². The average molecular weight is 684 g/mol. The van der Waals surface area contributed by atoms with Crippen LogP contribution in [-0.2, 0) is 19.7 Å². The van der Waals surface area contributed by atoms with Gasteiger partial charge in [-0.2, -0.15) is 0 Å². The van der Waals surface area contributed by atoms with Crippen molar-refractivity contribution in [1.29, 1.82) is 0 Å². The van der Waals surface area contributed by atoms with Crippen LogP contribution in [0.25, 0.3) is 11.6 Å². The molecule has 0 heterocycles. The van der Waals surface area contributed by atoms with Crippen LogP contribution >= 0.6 is 40.7 Å². The summed E-state index contributed by atoms with van der Waals surface area (Å²) in [6, 6.07) is 23.8. The van der Waals surface area contributed by atoms with Crippen LogP contribution < -0.4 is 28.1 Å². The van der Waals surface area contributed by atoms with Crippen LogP contribution in [0.3, 0.4) is 0 Å². The van der Waals surface area contributed by atoms with Crippen molar-refractivity contribution in [2.45, 2.75) is 12.3 Å². The van der Waals surface area contributed by atoms with Crippen LogP contribution in [0.2, 0.25) is 0 Å². The molecule has 0 nitrogen and oxygen atoms in total. The number of hydrogen-bond donors (Lipinski definition) is 0. The molecule has 0 saturated carbocycles. The first-order valence-electron chi connectivity index (χ1n) is 9.89. The molecule has 0 fully saturated rings. The third-order valence-electron chi connectivity index (χ3n) is 5.74. The molecule has 0 bridgehead atoms. The van der Waals surface area contributed by atoms with Crippen molar-refractivity contribution >= 4 is 55.6 Å². The summed E-state index contributed by atoms with van der Waals surface area (Å²) in [6.07, 6.45) is 10.3. The molecule has 1 unspecified atom stereocenters. The Bertz CT molecular complexity index is 1250. The summed E-state index contributed by atoms with van der Waals surface area (Å²) < 4.78 is 5.21. The third kappa shape index (κ3) is 5.12. The fourth-order valence-corrected chi connectivity index (χ4v) is 11.0. The summed E-state index contributed by atoms with van der Waals surface area (Å²) in [7, 11) is 6.27. The molecule has 3 aromatic rings. The predicted molar refractivity (Wildman–Crippen MR) is 134 cm³/mol. The Labute approximate surface area is 229 Å². The molecule has 0 amide bonds. The Kier molecular flexibility index (Phi) is 9.23. The van der Waals surface area contributed by atoms with Crippen molar-refractivity contribution in [2.24, 2.45) is 0 Å². The van der Waals surface area contributed by atoms with Gasteiger partial charge in [0.15, 0.2) is 0 Å². The van der Waals surface area contributed by atoms with Crippen LogP contribution in [0.15, 0.2) is 97.2 Å². The molecule has 3 aromatic carbocycles. The zero-order valence-electron chi connectivity index (χ0n) is 16.9. The summed E-state index contributed by atoms with van der Waals surface area (Å²) in [6.45, 7) is 0. The Morgan fingerprint density at radius 3 is 2.31 bits per heavy atom. The molecule has 0 aliphatic heterocycles. The molecular weight excluding hydrogens is 666 g/mol. The van der Waals surface area contributed by atoms with Crippen molar-refractivity contribution in [3.05, 3.63) is 119 Å². The van der Waals surface area contributed by atoms with E-state index < -0.39 is 19.7 Å². The van der Waals surface area contributed by atoms with E-state index in [1.165, 1.54) is 38.9 Å². The topological polar surface area (TPSA) is 0 Å². The zero-order chi connectivity index (χ0) is 20.7. The molecule has 6 heteroatoms. The summed E-state index contributed by atoms with van der Waals surface area (Å²) >= 11 is 5.00. The monoisotopic (exact) mass is 680 g/mol. The van der Waals surface area contributed by atoms with E-state index in [2.05, 4.69) is 123 Å². The second kappa shape index (κ2) is 11.3. The van der Waals surface area contributed by atoms with Crippen molar-refractivity contribution in [2.75, 3.05) is 0 Å². The number of hydrogen-bond acceptors (Lipinski definition) is 1. The van der Waals surface area contributed by atoms with E-state index in [1.807, 2.05) is 0 Å². The third-order valence-corrected chi connectivity index (χ3v) is 14.4. The molecule has 160 valence electrons. The second-order valence-corrected chi connectivity index (χ2v) is 16.2. The molecule has 2 aliphatic rings. The first-order valence-corrected chi connectivity index (χ1v) is 17.3. The normalized spacial score (nSPS) is 15.6. The van der Waals surface area contributed by atoms with Gasteiger partial charge in [-0.05, 0) is 0 Å². The molecule has 2 aliphatic carbocycles. The number of rotatable bonds is 4.